The summed E-state index contributed by atoms with van der Waals surface area (Å²) in [6.45, 7) is 6.47. The molecule has 1 atom stereocenters. The van der Waals surface area contributed by atoms with E-state index in [1.807, 2.05) is 30.3 Å². The first-order chi connectivity index (χ1) is 12.2. The highest BCUT2D eigenvalue weighted by molar-refractivity contribution is 5.83. The minimum atomic E-state index is -0.573. The molecule has 26 heavy (non-hydrogen) atoms. The fourth-order valence-corrected chi connectivity index (χ4v) is 2.44. The van der Waals surface area contributed by atoms with Gasteiger partial charge in [0.05, 0.1) is 26.1 Å². The summed E-state index contributed by atoms with van der Waals surface area (Å²) in [5.41, 5.74) is 0.532. The van der Waals surface area contributed by atoms with Crippen molar-refractivity contribution in [3.8, 4) is 0 Å². The lowest BCUT2D eigenvalue weighted by molar-refractivity contribution is -0.177. The van der Waals surface area contributed by atoms with Crippen LogP contribution in [-0.4, -0.2) is 43.3 Å². The van der Waals surface area contributed by atoms with Gasteiger partial charge in [-0.2, -0.15) is 0 Å². The van der Waals surface area contributed by atoms with Gasteiger partial charge in [0, 0.05) is 13.7 Å². The molecule has 0 radical (unpaired) electrons. The Balaban J connectivity index is 2.48. The van der Waals surface area contributed by atoms with Crippen molar-refractivity contribution in [2.45, 2.75) is 52.2 Å². The number of hydrogen-bond donors (Lipinski definition) is 0. The van der Waals surface area contributed by atoms with Crippen LogP contribution in [0.3, 0.4) is 0 Å². The van der Waals surface area contributed by atoms with Crippen LogP contribution in [0.4, 0.5) is 0 Å². The van der Waals surface area contributed by atoms with Crippen LogP contribution in [0.2, 0.25) is 0 Å². The predicted octanol–water partition coefficient (Wildman–Crippen LogP) is 3.35. The minimum absolute atomic E-state index is 0.0302. The Labute approximate surface area is 156 Å². The summed E-state index contributed by atoms with van der Waals surface area (Å²) < 4.78 is 11.0. The Morgan fingerprint density at radius 2 is 1.81 bits per heavy atom. The number of amides is 1. The Hall–Kier alpha value is -1.92. The highest BCUT2D eigenvalue weighted by Crippen LogP contribution is 2.18. The van der Waals surface area contributed by atoms with E-state index in [0.29, 0.717) is 26.1 Å². The summed E-state index contributed by atoms with van der Waals surface area (Å²) >= 11 is 0. The molecule has 0 aliphatic carbocycles. The first kappa shape index (κ1) is 22.1. The van der Waals surface area contributed by atoms with E-state index in [2.05, 4.69) is 0 Å². The molecule has 0 bridgehead atoms. The largest absolute Gasteiger partial charge is 0.460 e. The molecular formula is C20H31NO5. The van der Waals surface area contributed by atoms with Gasteiger partial charge in [-0.15, -0.1) is 0 Å². The number of ether oxygens (including phenoxy) is 2. The summed E-state index contributed by atoms with van der Waals surface area (Å²) in [5.74, 6) is -1.11. The van der Waals surface area contributed by atoms with Crippen LogP contribution in [0.25, 0.3) is 0 Å². The molecule has 0 fully saturated rings. The fourth-order valence-electron chi connectivity index (χ4n) is 2.44. The first-order valence-electron chi connectivity index (χ1n) is 8.88. The van der Waals surface area contributed by atoms with Crippen LogP contribution < -0.4 is 0 Å². The van der Waals surface area contributed by atoms with Crippen molar-refractivity contribution < 1.29 is 23.9 Å². The van der Waals surface area contributed by atoms with Gasteiger partial charge >= 0.3 is 5.97 Å². The molecule has 1 amide bonds. The Morgan fingerprint density at radius 3 is 2.38 bits per heavy atom. The molecule has 0 aromatic heterocycles. The molecule has 0 spiro atoms. The van der Waals surface area contributed by atoms with Crippen molar-refractivity contribution in [2.75, 3.05) is 20.8 Å². The molecule has 0 aliphatic heterocycles. The molecule has 1 aromatic rings. The predicted molar refractivity (Wildman–Crippen MR) is 99.1 cm³/mol. The quantitative estimate of drug-likeness (QED) is 0.361. The molecule has 0 aliphatic rings. The van der Waals surface area contributed by atoms with Crippen molar-refractivity contribution in [1.29, 1.82) is 0 Å². The molecule has 1 unspecified atom stereocenters. The van der Waals surface area contributed by atoms with E-state index in [1.54, 1.807) is 20.8 Å². The summed E-state index contributed by atoms with van der Waals surface area (Å²) in [6, 6.07) is 9.90. The molecule has 0 saturated carbocycles. The zero-order valence-corrected chi connectivity index (χ0v) is 16.5. The van der Waals surface area contributed by atoms with Gasteiger partial charge < -0.3 is 9.47 Å². The molecule has 146 valence electrons. The van der Waals surface area contributed by atoms with E-state index < -0.39 is 11.5 Å². The number of esters is 1. The maximum atomic E-state index is 12.4. The second-order valence-electron chi connectivity index (χ2n) is 7.19. The number of rotatable bonds is 10. The highest BCUT2D eigenvalue weighted by Gasteiger charge is 2.27. The van der Waals surface area contributed by atoms with Crippen LogP contribution >= 0.6 is 0 Å². The Morgan fingerprint density at radius 1 is 1.15 bits per heavy atom. The lowest BCUT2D eigenvalue weighted by Crippen LogP contribution is -2.35. The minimum Gasteiger partial charge on any atom is -0.460 e. The maximum absolute atomic E-state index is 12.4. The fraction of sp³-hybridized carbons (Fsp3) is 0.600. The number of carbonyl (C=O) groups is 2. The Bertz CT molecular complexity index is 553. The average Bonchev–Trinajstić information content (AvgIpc) is 2.58. The molecule has 0 heterocycles. The number of hydrogen-bond acceptors (Lipinski definition) is 5. The number of carbonyl (C=O) groups excluding carboxylic acids is 2. The zero-order chi connectivity index (χ0) is 19.6. The molecule has 1 rings (SSSR count). The van der Waals surface area contributed by atoms with Crippen molar-refractivity contribution in [3.63, 3.8) is 0 Å². The van der Waals surface area contributed by atoms with Crippen LogP contribution in [-0.2, 0) is 30.5 Å². The number of nitrogens with zero attached hydrogens (tertiary/aromatic N) is 1. The number of benzene rings is 1. The van der Waals surface area contributed by atoms with Crippen molar-refractivity contribution in [2.24, 2.45) is 5.92 Å². The van der Waals surface area contributed by atoms with E-state index in [9.17, 15) is 9.59 Å². The third kappa shape index (κ3) is 8.97. The van der Waals surface area contributed by atoms with Gasteiger partial charge in [0.2, 0.25) is 5.91 Å². The van der Waals surface area contributed by atoms with Gasteiger partial charge in [-0.05, 0) is 39.2 Å². The van der Waals surface area contributed by atoms with Crippen LogP contribution in [0, 0.1) is 5.92 Å². The maximum Gasteiger partial charge on any atom is 0.307 e. The monoisotopic (exact) mass is 365 g/mol. The lowest BCUT2D eigenvalue weighted by atomic mass is 9.98. The van der Waals surface area contributed by atoms with Gasteiger partial charge in [-0.25, -0.2) is 5.06 Å². The van der Waals surface area contributed by atoms with Crippen LogP contribution in [0.15, 0.2) is 30.3 Å². The average molecular weight is 365 g/mol. The molecule has 1 aromatic carbocycles. The smallest absolute Gasteiger partial charge is 0.307 e. The molecule has 6 heteroatoms. The van der Waals surface area contributed by atoms with Gasteiger partial charge in [-0.3, -0.25) is 14.4 Å². The van der Waals surface area contributed by atoms with E-state index in [-0.39, 0.29) is 18.3 Å². The topological polar surface area (TPSA) is 65.1 Å². The standard InChI is InChI=1S/C20H31NO5/c1-20(2,3)26-18(22)14-17(19(23)21(4)24-5)12-9-13-25-15-16-10-7-6-8-11-16/h6-8,10-11,17H,9,12-15H2,1-5H3. The third-order valence-corrected chi connectivity index (χ3v) is 3.72. The van der Waals surface area contributed by atoms with Gasteiger partial charge in [-0.1, -0.05) is 30.3 Å². The van der Waals surface area contributed by atoms with Gasteiger partial charge in [0.25, 0.3) is 0 Å². The van der Waals surface area contributed by atoms with Crippen LogP contribution in [0.1, 0.15) is 45.6 Å². The third-order valence-electron chi connectivity index (χ3n) is 3.72. The van der Waals surface area contributed by atoms with Crippen molar-refractivity contribution in [1.82, 2.24) is 5.06 Å². The first-order valence-corrected chi connectivity index (χ1v) is 8.88. The van der Waals surface area contributed by atoms with Crippen molar-refractivity contribution >= 4 is 11.9 Å². The summed E-state index contributed by atoms with van der Waals surface area (Å²) in [5, 5.41) is 1.15. The highest BCUT2D eigenvalue weighted by atomic mass is 16.7. The van der Waals surface area contributed by atoms with E-state index in [1.165, 1.54) is 14.2 Å². The zero-order valence-electron chi connectivity index (χ0n) is 16.5. The molecule has 0 saturated heterocycles. The second-order valence-corrected chi connectivity index (χ2v) is 7.19. The van der Waals surface area contributed by atoms with Gasteiger partial charge in [0.1, 0.15) is 5.60 Å². The molecule has 0 N–H and O–H groups in total. The number of hydroxylamine groups is 2. The van der Waals surface area contributed by atoms with Crippen LogP contribution in [0.5, 0.6) is 0 Å². The lowest BCUT2D eigenvalue weighted by Gasteiger charge is -2.24. The summed E-state index contributed by atoms with van der Waals surface area (Å²) in [7, 11) is 2.96. The van der Waals surface area contributed by atoms with Gasteiger partial charge in [0.15, 0.2) is 0 Å². The molecule has 6 nitrogen and oxygen atoms in total. The summed E-state index contributed by atoms with van der Waals surface area (Å²) in [4.78, 5) is 29.5. The SMILES string of the molecule is CON(C)C(=O)C(CCCOCc1ccccc1)CC(=O)OC(C)(C)C. The Kier molecular flexibility index (Phi) is 9.30. The van der Waals surface area contributed by atoms with E-state index in [0.717, 1.165) is 10.6 Å². The van der Waals surface area contributed by atoms with Crippen molar-refractivity contribution in [3.05, 3.63) is 35.9 Å². The second kappa shape index (κ2) is 10.9. The summed E-state index contributed by atoms with van der Waals surface area (Å²) in [6.07, 6.45) is 1.23. The van der Waals surface area contributed by atoms with E-state index >= 15 is 0 Å². The molecular weight excluding hydrogens is 334 g/mol. The normalized spacial score (nSPS) is 12.5. The van der Waals surface area contributed by atoms with E-state index in [4.69, 9.17) is 14.3 Å².